The van der Waals surface area contributed by atoms with Crippen LogP contribution in [0.3, 0.4) is 0 Å². The predicted molar refractivity (Wildman–Crippen MR) is 119 cm³/mol. The molecule has 1 heterocycles. The summed E-state index contributed by atoms with van der Waals surface area (Å²) < 4.78 is 33.8. The highest BCUT2D eigenvalue weighted by atomic mass is 32.2. The van der Waals surface area contributed by atoms with Crippen LogP contribution in [0.1, 0.15) is 48.5 Å². The van der Waals surface area contributed by atoms with Crippen LogP contribution >= 0.6 is 0 Å². The van der Waals surface area contributed by atoms with Crippen LogP contribution < -0.4 is 4.72 Å². The normalized spacial score (nSPS) is 19.1. The number of hydrogen-bond acceptors (Lipinski definition) is 4. The molecule has 1 amide bonds. The fourth-order valence-electron chi connectivity index (χ4n) is 4.31. The summed E-state index contributed by atoms with van der Waals surface area (Å²) in [7, 11) is -3.56. The van der Waals surface area contributed by atoms with Crippen LogP contribution in [0.4, 0.5) is 0 Å². The Balaban J connectivity index is 1.26. The topological polar surface area (TPSA) is 75.7 Å². The first-order valence-electron chi connectivity index (χ1n) is 11.1. The number of sulfonamides is 1. The summed E-state index contributed by atoms with van der Waals surface area (Å²) in [5.41, 5.74) is 3.47. The molecule has 0 aromatic heterocycles. The van der Waals surface area contributed by atoms with Gasteiger partial charge >= 0.3 is 0 Å². The zero-order valence-electron chi connectivity index (χ0n) is 17.8. The number of rotatable bonds is 7. The summed E-state index contributed by atoms with van der Waals surface area (Å²) in [6.07, 6.45) is 4.92. The smallest absolute Gasteiger partial charge is 0.240 e. The number of morpholine rings is 1. The minimum absolute atomic E-state index is 0.0391. The van der Waals surface area contributed by atoms with Gasteiger partial charge in [0.1, 0.15) is 6.10 Å². The van der Waals surface area contributed by atoms with E-state index in [0.29, 0.717) is 37.4 Å². The average molecular weight is 443 g/mol. The maximum atomic E-state index is 12.6. The van der Waals surface area contributed by atoms with Gasteiger partial charge in [-0.3, -0.25) is 4.79 Å². The lowest BCUT2D eigenvalue weighted by Crippen LogP contribution is -2.42. The maximum absolute atomic E-state index is 12.6. The van der Waals surface area contributed by atoms with E-state index in [1.54, 1.807) is 12.1 Å². The lowest BCUT2D eigenvalue weighted by atomic mass is 9.92. The fourth-order valence-corrected chi connectivity index (χ4v) is 5.43. The Bertz CT molecular complexity index is 1010. The number of hydrogen-bond donors (Lipinski definition) is 1. The second kappa shape index (κ2) is 9.94. The molecular weight excluding hydrogens is 412 g/mol. The quantitative estimate of drug-likeness (QED) is 0.668. The van der Waals surface area contributed by atoms with Crippen LogP contribution in [0.15, 0.2) is 53.4 Å². The molecule has 2 aliphatic rings. The van der Waals surface area contributed by atoms with E-state index in [0.717, 1.165) is 30.4 Å². The van der Waals surface area contributed by atoms with E-state index < -0.39 is 10.0 Å². The van der Waals surface area contributed by atoms with Crippen LogP contribution in [-0.2, 0) is 32.4 Å². The van der Waals surface area contributed by atoms with Crippen molar-refractivity contribution in [3.05, 3.63) is 65.2 Å². The molecule has 1 atom stereocenters. The Labute approximate surface area is 184 Å². The van der Waals surface area contributed by atoms with Gasteiger partial charge in [-0.25, -0.2) is 13.1 Å². The summed E-state index contributed by atoms with van der Waals surface area (Å²) in [6, 6.07) is 15.3. The molecule has 166 valence electrons. The van der Waals surface area contributed by atoms with Crippen molar-refractivity contribution in [1.82, 2.24) is 9.62 Å². The first-order chi connectivity index (χ1) is 15.0. The van der Waals surface area contributed by atoms with Gasteiger partial charge in [-0.2, -0.15) is 0 Å². The maximum Gasteiger partial charge on any atom is 0.240 e. The van der Waals surface area contributed by atoms with Gasteiger partial charge in [0.2, 0.25) is 15.9 Å². The van der Waals surface area contributed by atoms with Gasteiger partial charge in [0.25, 0.3) is 0 Å². The molecule has 1 aliphatic carbocycles. The van der Waals surface area contributed by atoms with E-state index in [1.807, 2.05) is 41.3 Å². The minimum Gasteiger partial charge on any atom is -0.370 e. The molecule has 6 nitrogen and oxygen atoms in total. The summed E-state index contributed by atoms with van der Waals surface area (Å²) >= 11 is 0. The Hall–Kier alpha value is -2.22. The molecule has 0 bridgehead atoms. The summed E-state index contributed by atoms with van der Waals surface area (Å²) in [5.74, 6) is 0.0391. The standard InChI is InChI=1S/C24H30N2O4S/c27-24(26-15-16-30-23(18-26)20-8-2-1-3-9-20)11-6-14-25-31(28,29)22-13-12-19-7-4-5-10-21(19)17-22/h1-3,8-9,12-13,17,23,25H,4-7,10-11,14-16,18H2. The molecule has 1 saturated heterocycles. The van der Waals surface area contributed by atoms with Crippen LogP contribution in [0.25, 0.3) is 0 Å². The third-order valence-electron chi connectivity index (χ3n) is 6.08. The third-order valence-corrected chi connectivity index (χ3v) is 7.54. The van der Waals surface area contributed by atoms with Crippen LogP contribution in [0.5, 0.6) is 0 Å². The first kappa shape index (κ1) is 22.0. The average Bonchev–Trinajstić information content (AvgIpc) is 2.82. The van der Waals surface area contributed by atoms with Crippen molar-refractivity contribution in [2.45, 2.75) is 49.5 Å². The Morgan fingerprint density at radius 2 is 1.84 bits per heavy atom. The molecule has 7 heteroatoms. The van der Waals surface area contributed by atoms with E-state index >= 15 is 0 Å². The minimum atomic E-state index is -3.56. The number of nitrogens with zero attached hydrogens (tertiary/aromatic N) is 1. The molecule has 1 N–H and O–H groups in total. The van der Waals surface area contributed by atoms with E-state index in [4.69, 9.17) is 4.74 Å². The third kappa shape index (κ3) is 5.53. The molecule has 1 fully saturated rings. The highest BCUT2D eigenvalue weighted by Crippen LogP contribution is 2.24. The van der Waals surface area contributed by atoms with E-state index in [9.17, 15) is 13.2 Å². The van der Waals surface area contributed by atoms with E-state index in [2.05, 4.69) is 4.72 Å². The zero-order valence-corrected chi connectivity index (χ0v) is 18.6. The van der Waals surface area contributed by atoms with Crippen molar-refractivity contribution in [3.63, 3.8) is 0 Å². The highest BCUT2D eigenvalue weighted by Gasteiger charge is 2.25. The van der Waals surface area contributed by atoms with Crippen molar-refractivity contribution in [2.24, 2.45) is 0 Å². The van der Waals surface area contributed by atoms with Crippen molar-refractivity contribution < 1.29 is 17.9 Å². The lowest BCUT2D eigenvalue weighted by molar-refractivity contribution is -0.139. The largest absolute Gasteiger partial charge is 0.370 e. The number of ether oxygens (including phenoxy) is 1. The van der Waals surface area contributed by atoms with Crippen LogP contribution in [-0.4, -0.2) is 45.5 Å². The molecule has 2 aromatic rings. The Morgan fingerprint density at radius 3 is 2.65 bits per heavy atom. The van der Waals surface area contributed by atoms with E-state index in [1.165, 1.54) is 12.0 Å². The second-order valence-electron chi connectivity index (χ2n) is 8.25. The van der Waals surface area contributed by atoms with E-state index in [-0.39, 0.29) is 18.6 Å². The Kier molecular flexibility index (Phi) is 7.05. The molecule has 2 aromatic carbocycles. The Morgan fingerprint density at radius 1 is 1.06 bits per heavy atom. The number of fused-ring (bicyclic) bond motifs is 1. The van der Waals surface area contributed by atoms with Gasteiger partial charge in [-0.1, -0.05) is 36.4 Å². The lowest BCUT2D eigenvalue weighted by Gasteiger charge is -2.33. The van der Waals surface area contributed by atoms with Gasteiger partial charge in [0.05, 0.1) is 18.0 Å². The predicted octanol–water partition coefficient (Wildman–Crippen LogP) is 3.22. The molecule has 1 unspecified atom stereocenters. The molecule has 4 rings (SSSR count). The summed E-state index contributed by atoms with van der Waals surface area (Å²) in [5, 5.41) is 0. The molecule has 0 radical (unpaired) electrons. The van der Waals surface area contributed by atoms with Crippen molar-refractivity contribution >= 4 is 15.9 Å². The van der Waals surface area contributed by atoms with Gasteiger partial charge in [-0.15, -0.1) is 0 Å². The summed E-state index contributed by atoms with van der Waals surface area (Å²) in [4.78, 5) is 14.8. The van der Waals surface area contributed by atoms with Gasteiger partial charge < -0.3 is 9.64 Å². The summed E-state index contributed by atoms with van der Waals surface area (Å²) in [6.45, 7) is 1.86. The number of amides is 1. The van der Waals surface area contributed by atoms with Gasteiger partial charge in [-0.05, 0) is 60.9 Å². The molecule has 31 heavy (non-hydrogen) atoms. The second-order valence-corrected chi connectivity index (χ2v) is 10.0. The highest BCUT2D eigenvalue weighted by molar-refractivity contribution is 7.89. The van der Waals surface area contributed by atoms with Crippen LogP contribution in [0.2, 0.25) is 0 Å². The number of benzene rings is 2. The molecule has 0 saturated carbocycles. The van der Waals surface area contributed by atoms with Gasteiger partial charge in [0.15, 0.2) is 0 Å². The number of nitrogens with one attached hydrogen (secondary N) is 1. The van der Waals surface area contributed by atoms with Crippen LogP contribution in [0, 0.1) is 0 Å². The zero-order chi connectivity index (χ0) is 21.7. The monoisotopic (exact) mass is 442 g/mol. The fraction of sp³-hybridized carbons (Fsp3) is 0.458. The molecule has 0 spiro atoms. The number of carbonyl (C=O) groups excluding carboxylic acids is 1. The molecule has 1 aliphatic heterocycles. The first-order valence-corrected chi connectivity index (χ1v) is 12.6. The van der Waals surface area contributed by atoms with Gasteiger partial charge in [0, 0.05) is 19.5 Å². The number of aryl methyl sites for hydroxylation is 2. The number of carbonyl (C=O) groups is 1. The van der Waals surface area contributed by atoms with Crippen molar-refractivity contribution in [1.29, 1.82) is 0 Å². The van der Waals surface area contributed by atoms with Crippen molar-refractivity contribution in [3.8, 4) is 0 Å². The van der Waals surface area contributed by atoms with Crippen molar-refractivity contribution in [2.75, 3.05) is 26.2 Å². The SMILES string of the molecule is O=C(CCCNS(=O)(=O)c1ccc2c(c1)CCCC2)N1CCOC(c2ccccc2)C1. The molecular formula is C24H30N2O4S.